The topological polar surface area (TPSA) is 37.4 Å². The highest BCUT2D eigenvalue weighted by molar-refractivity contribution is 7.91. The van der Waals surface area contributed by atoms with Crippen molar-refractivity contribution < 1.29 is 17.2 Å². The Morgan fingerprint density at radius 1 is 1.26 bits per heavy atom. The Morgan fingerprint density at radius 3 is 2.26 bits per heavy atom. The lowest BCUT2D eigenvalue weighted by atomic mass is 9.61. The highest BCUT2D eigenvalue weighted by atomic mass is 32.2. The highest BCUT2D eigenvalue weighted by Crippen LogP contribution is 2.59. The van der Waals surface area contributed by atoms with Gasteiger partial charge < -0.3 is 0 Å². The third kappa shape index (κ3) is 1.71. The first kappa shape index (κ1) is 13.5. The van der Waals surface area contributed by atoms with Crippen molar-refractivity contribution in [2.75, 3.05) is 13.1 Å². The Hall–Kier alpha value is -0.530. The van der Waals surface area contributed by atoms with Gasteiger partial charge in [-0.15, -0.1) is 11.3 Å². The minimum absolute atomic E-state index is 0.0433. The van der Waals surface area contributed by atoms with Gasteiger partial charge in [-0.3, -0.25) is 0 Å². The molecule has 3 rings (SSSR count). The number of hydrogen-bond donors (Lipinski definition) is 0. The third-order valence-corrected chi connectivity index (χ3v) is 7.78. The summed E-state index contributed by atoms with van der Waals surface area (Å²) in [5.41, 5.74) is -0.158. The van der Waals surface area contributed by atoms with E-state index in [-0.39, 0.29) is 23.7 Å². The number of sulfonamides is 1. The lowest BCUT2D eigenvalue weighted by Gasteiger charge is -2.58. The zero-order valence-corrected chi connectivity index (χ0v) is 12.4. The quantitative estimate of drug-likeness (QED) is 0.842. The first-order valence-electron chi connectivity index (χ1n) is 6.13. The average Bonchev–Trinajstić information content (AvgIpc) is 2.56. The summed E-state index contributed by atoms with van der Waals surface area (Å²) in [6, 6.07) is 1.62. The van der Waals surface area contributed by atoms with E-state index in [0.29, 0.717) is 6.42 Å². The van der Waals surface area contributed by atoms with Crippen LogP contribution in [0.2, 0.25) is 0 Å². The lowest BCUT2D eigenvalue weighted by Crippen LogP contribution is -2.70. The molecule has 1 saturated heterocycles. The molecule has 1 spiro atoms. The fourth-order valence-corrected chi connectivity index (χ4v) is 5.93. The number of hydrogen-bond acceptors (Lipinski definition) is 3. The molecule has 1 aromatic rings. The molecule has 0 amide bonds. The predicted molar refractivity (Wildman–Crippen MR) is 69.2 cm³/mol. The minimum atomic E-state index is -3.58. The number of aryl methyl sites for hydroxylation is 2. The number of rotatable bonds is 2. The number of nitrogens with zero attached hydrogens (tertiary/aromatic N) is 1. The second-order valence-electron chi connectivity index (χ2n) is 5.56. The summed E-state index contributed by atoms with van der Waals surface area (Å²) < 4.78 is 53.0. The first-order chi connectivity index (χ1) is 8.68. The van der Waals surface area contributed by atoms with Crippen molar-refractivity contribution in [2.24, 2.45) is 5.41 Å². The van der Waals surface area contributed by atoms with Crippen LogP contribution in [0, 0.1) is 19.3 Å². The smallest absolute Gasteiger partial charge is 0.206 e. The second kappa shape index (κ2) is 3.77. The van der Waals surface area contributed by atoms with Gasteiger partial charge in [0.1, 0.15) is 4.21 Å². The lowest BCUT2D eigenvalue weighted by molar-refractivity contribution is -0.242. The standard InChI is InChI=1S/C12H15F2NO2S2/c1-8-5-10(18-9(8)2)19(16,17)15-6-11(7-15)3-4-12(11,13)14/h5H,3-4,6-7H2,1-2H3. The van der Waals surface area contributed by atoms with Crippen molar-refractivity contribution in [1.82, 2.24) is 4.31 Å². The van der Waals surface area contributed by atoms with Gasteiger partial charge in [-0.25, -0.2) is 17.2 Å². The van der Waals surface area contributed by atoms with Gasteiger partial charge in [-0.1, -0.05) is 0 Å². The number of alkyl halides is 2. The summed E-state index contributed by atoms with van der Waals surface area (Å²) in [6.07, 6.45) is 0.312. The molecule has 2 aliphatic rings. The van der Waals surface area contributed by atoms with Crippen LogP contribution in [0.15, 0.2) is 10.3 Å². The normalized spacial score (nSPS) is 25.1. The van der Waals surface area contributed by atoms with Crippen molar-refractivity contribution in [1.29, 1.82) is 0 Å². The molecule has 19 heavy (non-hydrogen) atoms. The molecule has 7 heteroatoms. The van der Waals surface area contributed by atoms with Gasteiger partial charge in [-0.2, -0.15) is 4.31 Å². The van der Waals surface area contributed by atoms with E-state index in [4.69, 9.17) is 0 Å². The Balaban J connectivity index is 1.81. The monoisotopic (exact) mass is 307 g/mol. The zero-order chi connectivity index (χ0) is 14.1. The van der Waals surface area contributed by atoms with Gasteiger partial charge in [0.25, 0.3) is 15.9 Å². The van der Waals surface area contributed by atoms with E-state index in [0.717, 1.165) is 10.4 Å². The molecule has 2 fully saturated rings. The molecule has 106 valence electrons. The van der Waals surface area contributed by atoms with E-state index in [1.807, 2.05) is 13.8 Å². The molecular weight excluding hydrogens is 292 g/mol. The van der Waals surface area contributed by atoms with Crippen LogP contribution in [0.5, 0.6) is 0 Å². The van der Waals surface area contributed by atoms with Crippen molar-refractivity contribution >= 4 is 21.4 Å². The van der Waals surface area contributed by atoms with E-state index < -0.39 is 21.4 Å². The SMILES string of the molecule is Cc1cc(S(=O)(=O)N2CC3(CCC3(F)F)C2)sc1C. The van der Waals surface area contributed by atoms with Gasteiger partial charge in [0.2, 0.25) is 0 Å². The van der Waals surface area contributed by atoms with Crippen molar-refractivity contribution in [3.05, 3.63) is 16.5 Å². The predicted octanol–water partition coefficient (Wildman–Crippen LogP) is 2.78. The summed E-state index contributed by atoms with van der Waals surface area (Å²) >= 11 is 1.21. The summed E-state index contributed by atoms with van der Waals surface area (Å²) in [5, 5.41) is 0. The molecule has 3 nitrogen and oxygen atoms in total. The number of halogens is 2. The molecule has 0 unspecified atom stereocenters. The molecule has 1 aliphatic heterocycles. The van der Waals surface area contributed by atoms with E-state index in [1.54, 1.807) is 6.07 Å². The average molecular weight is 307 g/mol. The van der Waals surface area contributed by atoms with Crippen molar-refractivity contribution in [3.8, 4) is 0 Å². The molecule has 0 N–H and O–H groups in total. The van der Waals surface area contributed by atoms with Crippen LogP contribution in [-0.2, 0) is 10.0 Å². The van der Waals surface area contributed by atoms with E-state index in [9.17, 15) is 17.2 Å². The summed E-state index contributed by atoms with van der Waals surface area (Å²) in [6.45, 7) is 3.62. The highest BCUT2D eigenvalue weighted by Gasteiger charge is 2.68. The maximum Gasteiger partial charge on any atom is 0.256 e. The molecular formula is C12H15F2NO2S2. The fraction of sp³-hybridized carbons (Fsp3) is 0.667. The van der Waals surface area contributed by atoms with Crippen LogP contribution in [-0.4, -0.2) is 31.7 Å². The van der Waals surface area contributed by atoms with Crippen LogP contribution < -0.4 is 0 Å². The molecule has 2 heterocycles. The molecule has 0 atom stereocenters. The van der Waals surface area contributed by atoms with Crippen LogP contribution >= 0.6 is 11.3 Å². The van der Waals surface area contributed by atoms with Crippen LogP contribution in [0.4, 0.5) is 8.78 Å². The third-order valence-electron chi connectivity index (χ3n) is 4.39. The maximum atomic E-state index is 13.5. The molecule has 0 radical (unpaired) electrons. The zero-order valence-electron chi connectivity index (χ0n) is 10.7. The molecule has 0 bridgehead atoms. The molecule has 1 saturated carbocycles. The Labute approximate surface area is 115 Å². The largest absolute Gasteiger partial charge is 0.256 e. The fourth-order valence-electron chi connectivity index (χ4n) is 2.65. The summed E-state index contributed by atoms with van der Waals surface area (Å²) in [4.78, 5) is 0.947. The van der Waals surface area contributed by atoms with E-state index in [1.165, 1.54) is 15.6 Å². The van der Waals surface area contributed by atoms with Crippen molar-refractivity contribution in [2.45, 2.75) is 36.8 Å². The summed E-state index contributed by atoms with van der Waals surface area (Å²) in [7, 11) is -3.58. The maximum absolute atomic E-state index is 13.5. The van der Waals surface area contributed by atoms with E-state index in [2.05, 4.69) is 0 Å². The van der Waals surface area contributed by atoms with Crippen LogP contribution in [0.1, 0.15) is 23.3 Å². The second-order valence-corrected chi connectivity index (χ2v) is 8.98. The molecule has 1 aromatic heterocycles. The summed E-state index contributed by atoms with van der Waals surface area (Å²) in [5.74, 6) is -2.69. The van der Waals surface area contributed by atoms with Gasteiger partial charge in [0.15, 0.2) is 0 Å². The van der Waals surface area contributed by atoms with Gasteiger partial charge in [0.05, 0.1) is 5.41 Å². The van der Waals surface area contributed by atoms with Gasteiger partial charge in [-0.05, 0) is 31.9 Å². The van der Waals surface area contributed by atoms with E-state index >= 15 is 0 Å². The Morgan fingerprint density at radius 2 is 1.89 bits per heavy atom. The van der Waals surface area contributed by atoms with Gasteiger partial charge in [0, 0.05) is 24.4 Å². The molecule has 1 aliphatic carbocycles. The van der Waals surface area contributed by atoms with Crippen LogP contribution in [0.3, 0.4) is 0 Å². The van der Waals surface area contributed by atoms with Crippen molar-refractivity contribution in [3.63, 3.8) is 0 Å². The first-order valence-corrected chi connectivity index (χ1v) is 8.39. The Kier molecular flexibility index (Phi) is 2.67. The number of thiophene rings is 1. The molecule has 0 aromatic carbocycles. The van der Waals surface area contributed by atoms with Gasteiger partial charge >= 0.3 is 0 Å². The minimum Gasteiger partial charge on any atom is -0.206 e. The van der Waals surface area contributed by atoms with Crippen LogP contribution in [0.25, 0.3) is 0 Å². The Bertz CT molecular complexity index is 611.